The fraction of sp³-hybridized carbons (Fsp3) is 0.500. The predicted octanol–water partition coefficient (Wildman–Crippen LogP) is 3.87. The van der Waals surface area contributed by atoms with Crippen molar-refractivity contribution < 1.29 is 12.8 Å². The van der Waals surface area contributed by atoms with Crippen LogP contribution in [-0.2, 0) is 28.6 Å². The number of hydrogen-bond acceptors (Lipinski definition) is 5. The lowest BCUT2D eigenvalue weighted by Gasteiger charge is -2.12. The third-order valence-electron chi connectivity index (χ3n) is 4.07. The third kappa shape index (κ3) is 9.25. The molecule has 2 aromatic rings. The normalized spacial score (nSPS) is 12.0. The molecular formula is C20H30FIN4O2S2. The second kappa shape index (κ2) is 12.6. The molecule has 0 aliphatic heterocycles. The standard InChI is InChI=1S/C20H29FN4O2S2.HI/c1-5-22-20(23-9-8-18-12-28-19(25-18)14(2)3)24-11-16-10-17(21)7-6-15(16)13-29(4,26)27;/h6-7,10,12,14H,5,8-9,11,13H2,1-4H3,(H2,22,23,24);1H. The summed E-state index contributed by atoms with van der Waals surface area (Å²) in [4.78, 5) is 9.12. The Bertz CT molecular complexity index is 946. The van der Waals surface area contributed by atoms with E-state index in [-0.39, 0.29) is 36.3 Å². The first kappa shape index (κ1) is 26.8. The van der Waals surface area contributed by atoms with Crippen LogP contribution in [0, 0.1) is 5.82 Å². The topological polar surface area (TPSA) is 83.5 Å². The van der Waals surface area contributed by atoms with E-state index in [0.29, 0.717) is 36.1 Å². The molecule has 0 radical (unpaired) electrons. The summed E-state index contributed by atoms with van der Waals surface area (Å²) in [5, 5.41) is 9.61. The molecule has 1 aromatic carbocycles. The van der Waals surface area contributed by atoms with Crippen LogP contribution in [0.2, 0.25) is 0 Å². The quantitative estimate of drug-likeness (QED) is 0.273. The van der Waals surface area contributed by atoms with Crippen molar-refractivity contribution in [1.82, 2.24) is 15.6 Å². The molecule has 168 valence electrons. The average Bonchev–Trinajstić information content (AvgIpc) is 3.10. The Kier molecular flexibility index (Phi) is 11.2. The van der Waals surface area contributed by atoms with Gasteiger partial charge in [0, 0.05) is 37.1 Å². The van der Waals surface area contributed by atoms with Gasteiger partial charge in [0.2, 0.25) is 0 Å². The first-order valence-corrected chi connectivity index (χ1v) is 12.5. The number of nitrogens with zero attached hydrogens (tertiary/aromatic N) is 2. The summed E-state index contributed by atoms with van der Waals surface area (Å²) in [5.41, 5.74) is 2.17. The van der Waals surface area contributed by atoms with Gasteiger partial charge in [0.25, 0.3) is 0 Å². The minimum atomic E-state index is -3.22. The van der Waals surface area contributed by atoms with Crippen LogP contribution in [0.4, 0.5) is 4.39 Å². The van der Waals surface area contributed by atoms with E-state index in [0.717, 1.165) is 23.4 Å². The van der Waals surface area contributed by atoms with Crippen LogP contribution in [0.1, 0.15) is 48.5 Å². The van der Waals surface area contributed by atoms with Crippen molar-refractivity contribution in [2.24, 2.45) is 4.99 Å². The van der Waals surface area contributed by atoms with E-state index < -0.39 is 15.7 Å². The number of benzene rings is 1. The van der Waals surface area contributed by atoms with Crippen LogP contribution in [0.5, 0.6) is 0 Å². The lowest BCUT2D eigenvalue weighted by molar-refractivity contribution is 0.600. The van der Waals surface area contributed by atoms with Crippen molar-refractivity contribution >= 4 is 51.1 Å². The van der Waals surface area contributed by atoms with Gasteiger partial charge < -0.3 is 10.6 Å². The Morgan fingerprint density at radius 1 is 1.27 bits per heavy atom. The predicted molar refractivity (Wildman–Crippen MR) is 133 cm³/mol. The number of guanidine groups is 1. The minimum Gasteiger partial charge on any atom is -0.357 e. The van der Waals surface area contributed by atoms with Crippen LogP contribution >= 0.6 is 35.3 Å². The number of aromatic nitrogens is 1. The molecule has 0 atom stereocenters. The van der Waals surface area contributed by atoms with Gasteiger partial charge in [-0.15, -0.1) is 35.3 Å². The van der Waals surface area contributed by atoms with E-state index in [9.17, 15) is 12.8 Å². The maximum Gasteiger partial charge on any atom is 0.191 e. The molecule has 1 heterocycles. The SMILES string of the molecule is CCNC(=NCc1cc(F)ccc1CS(C)(=O)=O)NCCc1csc(C(C)C)n1.I. The highest BCUT2D eigenvalue weighted by atomic mass is 127. The first-order chi connectivity index (χ1) is 13.7. The molecule has 2 N–H and O–H groups in total. The van der Waals surface area contributed by atoms with Crippen LogP contribution in [0.15, 0.2) is 28.6 Å². The lowest BCUT2D eigenvalue weighted by Crippen LogP contribution is -2.38. The number of halogens is 2. The molecule has 30 heavy (non-hydrogen) atoms. The number of aliphatic imine (C=N–C) groups is 1. The van der Waals surface area contributed by atoms with E-state index in [4.69, 9.17) is 0 Å². The molecule has 0 amide bonds. The zero-order valence-electron chi connectivity index (χ0n) is 17.7. The van der Waals surface area contributed by atoms with Crippen molar-refractivity contribution in [2.45, 2.75) is 45.4 Å². The second-order valence-electron chi connectivity index (χ2n) is 7.19. The Labute approximate surface area is 199 Å². The molecule has 0 spiro atoms. The smallest absolute Gasteiger partial charge is 0.191 e. The lowest BCUT2D eigenvalue weighted by atomic mass is 10.1. The number of thiazole rings is 1. The number of nitrogens with one attached hydrogen (secondary N) is 2. The van der Waals surface area contributed by atoms with Gasteiger partial charge in [-0.25, -0.2) is 22.8 Å². The molecule has 2 rings (SSSR count). The monoisotopic (exact) mass is 568 g/mol. The van der Waals surface area contributed by atoms with Gasteiger partial charge in [-0.05, 0) is 30.2 Å². The van der Waals surface area contributed by atoms with Crippen molar-refractivity contribution in [2.75, 3.05) is 19.3 Å². The zero-order valence-corrected chi connectivity index (χ0v) is 21.7. The van der Waals surface area contributed by atoms with E-state index in [1.165, 1.54) is 18.2 Å². The zero-order chi connectivity index (χ0) is 21.4. The summed E-state index contributed by atoms with van der Waals surface area (Å²) in [6, 6.07) is 4.13. The molecular weight excluding hydrogens is 538 g/mol. The molecule has 6 nitrogen and oxygen atoms in total. The van der Waals surface area contributed by atoms with Gasteiger partial charge in [0.05, 0.1) is 23.0 Å². The first-order valence-electron chi connectivity index (χ1n) is 9.59. The van der Waals surface area contributed by atoms with Crippen molar-refractivity contribution in [3.8, 4) is 0 Å². The molecule has 0 fully saturated rings. The summed E-state index contributed by atoms with van der Waals surface area (Å²) in [5.74, 6) is 0.480. The van der Waals surface area contributed by atoms with E-state index in [2.05, 4.69) is 39.8 Å². The average molecular weight is 569 g/mol. The Balaban J connectivity index is 0.00000450. The van der Waals surface area contributed by atoms with Crippen LogP contribution in [-0.4, -0.2) is 38.7 Å². The highest BCUT2D eigenvalue weighted by molar-refractivity contribution is 14.0. The van der Waals surface area contributed by atoms with Crippen LogP contribution in [0.25, 0.3) is 0 Å². The van der Waals surface area contributed by atoms with Crippen molar-refractivity contribution in [1.29, 1.82) is 0 Å². The van der Waals surface area contributed by atoms with E-state index in [1.54, 1.807) is 11.3 Å². The number of sulfone groups is 1. The molecule has 0 unspecified atom stereocenters. The van der Waals surface area contributed by atoms with Gasteiger partial charge in [-0.3, -0.25) is 0 Å². The summed E-state index contributed by atoms with van der Waals surface area (Å²) < 4.78 is 36.9. The highest BCUT2D eigenvalue weighted by Gasteiger charge is 2.11. The van der Waals surface area contributed by atoms with Gasteiger partial charge in [0.15, 0.2) is 15.8 Å². The van der Waals surface area contributed by atoms with E-state index in [1.807, 2.05) is 6.92 Å². The number of rotatable bonds is 9. The van der Waals surface area contributed by atoms with E-state index >= 15 is 0 Å². The van der Waals surface area contributed by atoms with Crippen molar-refractivity contribution in [3.05, 3.63) is 51.2 Å². The van der Waals surface area contributed by atoms with Gasteiger partial charge in [-0.1, -0.05) is 19.9 Å². The van der Waals surface area contributed by atoms with Crippen LogP contribution < -0.4 is 10.6 Å². The Morgan fingerprint density at radius 2 is 2.00 bits per heavy atom. The molecule has 0 saturated carbocycles. The summed E-state index contributed by atoms with van der Waals surface area (Å²) in [7, 11) is -3.22. The molecule has 0 aliphatic carbocycles. The maximum atomic E-state index is 13.7. The summed E-state index contributed by atoms with van der Waals surface area (Å²) in [6.07, 6.45) is 1.94. The molecule has 0 aliphatic rings. The molecule has 1 aromatic heterocycles. The van der Waals surface area contributed by atoms with Gasteiger partial charge in [0.1, 0.15) is 5.82 Å². The fourth-order valence-corrected chi connectivity index (χ4v) is 4.40. The third-order valence-corrected chi connectivity index (χ3v) is 6.10. The number of hydrogen-bond donors (Lipinski definition) is 2. The fourth-order valence-electron chi connectivity index (χ4n) is 2.68. The maximum absolute atomic E-state index is 13.7. The second-order valence-corrected chi connectivity index (χ2v) is 10.2. The minimum absolute atomic E-state index is 0. The largest absolute Gasteiger partial charge is 0.357 e. The van der Waals surface area contributed by atoms with Crippen LogP contribution in [0.3, 0.4) is 0 Å². The van der Waals surface area contributed by atoms with Gasteiger partial charge >= 0.3 is 0 Å². The van der Waals surface area contributed by atoms with Crippen molar-refractivity contribution in [3.63, 3.8) is 0 Å². The van der Waals surface area contributed by atoms with Gasteiger partial charge in [-0.2, -0.15) is 0 Å². The Hall–Kier alpha value is -1.27. The summed E-state index contributed by atoms with van der Waals surface area (Å²) >= 11 is 1.67. The molecule has 0 saturated heterocycles. The summed E-state index contributed by atoms with van der Waals surface area (Å²) in [6.45, 7) is 7.74. The Morgan fingerprint density at radius 3 is 2.60 bits per heavy atom. The molecule has 10 heteroatoms. The molecule has 0 bridgehead atoms. The highest BCUT2D eigenvalue weighted by Crippen LogP contribution is 2.19.